The van der Waals surface area contributed by atoms with Crippen LogP contribution >= 0.6 is 0 Å². The van der Waals surface area contributed by atoms with Crippen molar-refractivity contribution in [3.05, 3.63) is 47.8 Å². The predicted molar refractivity (Wildman–Crippen MR) is 147 cm³/mol. The zero-order valence-corrected chi connectivity index (χ0v) is 23.1. The van der Waals surface area contributed by atoms with Crippen LogP contribution in [0.15, 0.2) is 36.5 Å². The summed E-state index contributed by atoms with van der Waals surface area (Å²) in [6.07, 6.45) is 5.89. The van der Waals surface area contributed by atoms with Gasteiger partial charge in [-0.15, -0.1) is 0 Å². The lowest BCUT2D eigenvalue weighted by Gasteiger charge is -2.35. The monoisotopic (exact) mass is 535 g/mol. The van der Waals surface area contributed by atoms with E-state index in [1.165, 1.54) is 5.01 Å². The maximum atomic E-state index is 13.1. The molecule has 3 N–H and O–H groups in total. The minimum atomic E-state index is -0.868. The molecule has 0 saturated carbocycles. The summed E-state index contributed by atoms with van der Waals surface area (Å²) in [5.41, 5.74) is 4.48. The summed E-state index contributed by atoms with van der Waals surface area (Å²) in [5, 5.41) is 8.78. The van der Waals surface area contributed by atoms with E-state index in [2.05, 4.69) is 21.0 Å². The fourth-order valence-corrected chi connectivity index (χ4v) is 4.71. The van der Waals surface area contributed by atoms with Gasteiger partial charge in [-0.2, -0.15) is 0 Å². The van der Waals surface area contributed by atoms with Gasteiger partial charge in [0, 0.05) is 18.1 Å². The third-order valence-corrected chi connectivity index (χ3v) is 7.21. The number of rotatable bonds is 1. The Balaban J connectivity index is 1.67. The molecule has 5 atom stereocenters. The summed E-state index contributed by atoms with van der Waals surface area (Å²) in [6.45, 7) is 9.20. The number of esters is 1. The summed E-state index contributed by atoms with van der Waals surface area (Å²) in [4.78, 5) is 56.7. The molecule has 208 valence electrons. The average Bonchev–Trinajstić information content (AvgIpc) is 2.92. The fourth-order valence-electron chi connectivity index (χ4n) is 4.71. The summed E-state index contributed by atoms with van der Waals surface area (Å²) in [6, 6.07) is 5.32. The Bertz CT molecular complexity index is 1290. The van der Waals surface area contributed by atoms with Crippen molar-refractivity contribution in [3.63, 3.8) is 0 Å². The van der Waals surface area contributed by atoms with Crippen LogP contribution < -0.4 is 16.1 Å². The summed E-state index contributed by atoms with van der Waals surface area (Å²) >= 11 is 0. The maximum absolute atomic E-state index is 13.1. The molecule has 2 aliphatic rings. The van der Waals surface area contributed by atoms with Crippen molar-refractivity contribution in [1.29, 1.82) is 0 Å². The lowest BCUT2D eigenvalue weighted by Crippen LogP contribution is -2.61. The molecule has 0 spiro atoms. The number of carbonyl (C=O) groups excluding carboxylic acids is 4. The van der Waals surface area contributed by atoms with Gasteiger partial charge >= 0.3 is 5.97 Å². The normalized spacial score (nSPS) is 28.2. The number of fused-ring (bicyclic) bond motifs is 4. The quantitative estimate of drug-likeness (QED) is 0.479. The molecule has 39 heavy (non-hydrogen) atoms. The molecule has 2 aliphatic heterocycles. The number of benzene rings is 1. The second-order valence-corrected chi connectivity index (χ2v) is 10.7. The van der Waals surface area contributed by atoms with Gasteiger partial charge < -0.3 is 15.4 Å². The molecule has 10 heteroatoms. The smallest absolute Gasteiger partial charge is 0.325 e. The number of pyridine rings is 1. The number of hydrogen-bond acceptors (Lipinski definition) is 7. The van der Waals surface area contributed by atoms with Crippen LogP contribution in [-0.2, 0) is 23.9 Å². The number of hydrazine groups is 1. The van der Waals surface area contributed by atoms with Crippen LogP contribution in [0.3, 0.4) is 0 Å². The largest absolute Gasteiger partial charge is 0.457 e. The Morgan fingerprint density at radius 1 is 1.00 bits per heavy atom. The molecule has 1 aromatic carbocycles. The number of carbonyl (C=O) groups is 4. The highest BCUT2D eigenvalue weighted by molar-refractivity contribution is 5.93. The van der Waals surface area contributed by atoms with E-state index in [9.17, 15) is 19.2 Å². The van der Waals surface area contributed by atoms with Crippen LogP contribution in [0.2, 0.25) is 0 Å². The second-order valence-electron chi connectivity index (χ2n) is 10.7. The number of cyclic esters (lactones) is 1. The van der Waals surface area contributed by atoms with E-state index in [1.54, 1.807) is 32.2 Å². The van der Waals surface area contributed by atoms with Gasteiger partial charge in [-0.1, -0.05) is 39.0 Å². The van der Waals surface area contributed by atoms with Crippen molar-refractivity contribution >= 4 is 40.5 Å². The van der Waals surface area contributed by atoms with E-state index in [0.29, 0.717) is 25.1 Å². The topological polar surface area (TPSA) is 130 Å². The Labute approximate surface area is 228 Å². The molecule has 1 aromatic heterocycles. The van der Waals surface area contributed by atoms with Crippen molar-refractivity contribution in [1.82, 2.24) is 26.1 Å². The summed E-state index contributed by atoms with van der Waals surface area (Å²) in [7, 11) is 0. The zero-order chi connectivity index (χ0) is 28.3. The van der Waals surface area contributed by atoms with Crippen LogP contribution in [0.25, 0.3) is 16.8 Å². The van der Waals surface area contributed by atoms with Gasteiger partial charge in [0.25, 0.3) is 5.91 Å². The molecule has 4 rings (SSSR count). The molecular formula is C29H37N5O5. The highest BCUT2D eigenvalue weighted by atomic mass is 16.5. The van der Waals surface area contributed by atoms with E-state index in [4.69, 9.17) is 4.74 Å². The summed E-state index contributed by atoms with van der Waals surface area (Å²) in [5.74, 6) is -2.31. The highest BCUT2D eigenvalue weighted by Gasteiger charge is 2.34. The Morgan fingerprint density at radius 3 is 2.51 bits per heavy atom. The number of aromatic nitrogens is 1. The minimum absolute atomic E-state index is 0.209. The summed E-state index contributed by atoms with van der Waals surface area (Å²) < 4.78 is 5.78. The van der Waals surface area contributed by atoms with E-state index >= 15 is 0 Å². The third kappa shape index (κ3) is 6.62. The second kappa shape index (κ2) is 11.9. The van der Waals surface area contributed by atoms with E-state index in [1.807, 2.05) is 45.0 Å². The van der Waals surface area contributed by atoms with Crippen LogP contribution in [0.5, 0.6) is 0 Å². The van der Waals surface area contributed by atoms with Crippen molar-refractivity contribution < 1.29 is 23.9 Å². The average molecular weight is 536 g/mol. The van der Waals surface area contributed by atoms with Gasteiger partial charge in [-0.05, 0) is 61.8 Å². The van der Waals surface area contributed by atoms with Gasteiger partial charge in [0.05, 0.1) is 11.6 Å². The van der Waals surface area contributed by atoms with Gasteiger partial charge in [0.15, 0.2) is 0 Å². The zero-order valence-electron chi connectivity index (χ0n) is 23.1. The molecule has 0 aliphatic carbocycles. The highest BCUT2D eigenvalue weighted by Crippen LogP contribution is 2.24. The molecule has 5 bridgehead atoms. The van der Waals surface area contributed by atoms with E-state index < -0.39 is 42.0 Å². The SMILES string of the molecule is CC1/C=C/c2cc3cc(ccc3cn2)[C@@H](C)OC(=O)[C@@H]2CCCN(N2)C(=O)C(C)NC(=O)[C@H](C(C)C)NC1=O. The third-order valence-electron chi connectivity index (χ3n) is 7.21. The molecule has 3 amide bonds. The Morgan fingerprint density at radius 2 is 1.77 bits per heavy atom. The van der Waals surface area contributed by atoms with Gasteiger partial charge in [-0.3, -0.25) is 29.2 Å². The maximum Gasteiger partial charge on any atom is 0.325 e. The van der Waals surface area contributed by atoms with Crippen LogP contribution in [-0.4, -0.2) is 58.4 Å². The first-order valence-electron chi connectivity index (χ1n) is 13.5. The van der Waals surface area contributed by atoms with Crippen LogP contribution in [0.1, 0.15) is 64.8 Å². The molecule has 2 unspecified atom stereocenters. The number of hydrogen-bond donors (Lipinski definition) is 3. The molecular weight excluding hydrogens is 498 g/mol. The molecule has 3 heterocycles. The molecule has 2 aromatic rings. The fraction of sp³-hybridized carbons (Fsp3) is 0.483. The lowest BCUT2D eigenvalue weighted by atomic mass is 10.0. The Kier molecular flexibility index (Phi) is 8.64. The number of nitrogens with zero attached hydrogens (tertiary/aromatic N) is 2. The van der Waals surface area contributed by atoms with Crippen molar-refractivity contribution in [2.24, 2.45) is 11.8 Å². The van der Waals surface area contributed by atoms with E-state index in [0.717, 1.165) is 16.3 Å². The van der Waals surface area contributed by atoms with Crippen LogP contribution in [0, 0.1) is 11.8 Å². The molecule has 1 fully saturated rings. The number of nitrogens with one attached hydrogen (secondary N) is 3. The van der Waals surface area contributed by atoms with E-state index in [-0.39, 0.29) is 17.7 Å². The predicted octanol–water partition coefficient (Wildman–Crippen LogP) is 2.64. The minimum Gasteiger partial charge on any atom is -0.457 e. The van der Waals surface area contributed by atoms with Crippen molar-refractivity contribution in [2.45, 2.75) is 71.7 Å². The lowest BCUT2D eigenvalue weighted by molar-refractivity contribution is -0.157. The first kappa shape index (κ1) is 28.2. The van der Waals surface area contributed by atoms with Gasteiger partial charge in [0.2, 0.25) is 11.8 Å². The first-order chi connectivity index (χ1) is 18.5. The number of amides is 3. The Hall–Kier alpha value is -3.79. The molecule has 0 radical (unpaired) electrons. The molecule has 1 saturated heterocycles. The van der Waals surface area contributed by atoms with Crippen LogP contribution in [0.4, 0.5) is 0 Å². The van der Waals surface area contributed by atoms with Gasteiger partial charge in [-0.25, -0.2) is 5.43 Å². The van der Waals surface area contributed by atoms with Gasteiger partial charge in [0.1, 0.15) is 24.2 Å². The molecule has 10 nitrogen and oxygen atoms in total. The standard InChI is InChI=1S/C29H37N5O5/c1-16(2)25-27(36)31-18(4)28(37)34-12-6-7-24(33-34)29(38)39-19(5)20-9-10-21-15-30-23(14-22(21)13-20)11-8-17(3)26(35)32-25/h8-11,13-19,24-25,33H,6-7,12H2,1-5H3,(H,31,36)(H,32,35)/b11-8+/t17?,18?,19-,24+,25+/m1/s1. The van der Waals surface area contributed by atoms with Crippen molar-refractivity contribution in [2.75, 3.05) is 6.54 Å². The number of ether oxygens (including phenoxy) is 1. The van der Waals surface area contributed by atoms with Crippen molar-refractivity contribution in [3.8, 4) is 0 Å². The first-order valence-corrected chi connectivity index (χ1v) is 13.5.